The van der Waals surface area contributed by atoms with E-state index in [2.05, 4.69) is 10.0 Å². The van der Waals surface area contributed by atoms with Gasteiger partial charge in [-0.1, -0.05) is 42.5 Å². The van der Waals surface area contributed by atoms with Gasteiger partial charge in [-0.3, -0.25) is 4.79 Å². The Morgan fingerprint density at radius 2 is 1.86 bits per heavy atom. The lowest BCUT2D eigenvalue weighted by atomic mass is 10.0. The number of sulfonamides is 1. The van der Waals surface area contributed by atoms with E-state index in [0.717, 1.165) is 5.56 Å². The van der Waals surface area contributed by atoms with Gasteiger partial charge in [0.1, 0.15) is 0 Å². The Kier molecular flexibility index (Phi) is 10.1. The van der Waals surface area contributed by atoms with Crippen molar-refractivity contribution in [2.24, 2.45) is 5.73 Å². The second-order valence-electron chi connectivity index (χ2n) is 6.04. The monoisotopic (exact) mass is 427 g/mol. The molecule has 7 nitrogen and oxygen atoms in total. The number of carbonyl (C=O) groups excluding carboxylic acids is 1. The van der Waals surface area contributed by atoms with Gasteiger partial charge in [0.2, 0.25) is 15.9 Å². The molecule has 0 aliphatic carbocycles. The van der Waals surface area contributed by atoms with Crippen LogP contribution in [0.3, 0.4) is 0 Å². The van der Waals surface area contributed by atoms with Crippen molar-refractivity contribution in [3.8, 4) is 0 Å². The Labute approximate surface area is 172 Å². The molecule has 9 heteroatoms. The van der Waals surface area contributed by atoms with Crippen molar-refractivity contribution < 1.29 is 17.9 Å². The Morgan fingerprint density at radius 1 is 1.14 bits per heavy atom. The molecule has 0 fully saturated rings. The number of amides is 1. The van der Waals surface area contributed by atoms with Gasteiger partial charge in [-0.25, -0.2) is 13.1 Å². The second kappa shape index (κ2) is 11.8. The third-order valence-electron chi connectivity index (χ3n) is 3.93. The van der Waals surface area contributed by atoms with Gasteiger partial charge < -0.3 is 15.8 Å². The minimum atomic E-state index is -3.61. The van der Waals surface area contributed by atoms with E-state index in [0.29, 0.717) is 5.56 Å². The lowest BCUT2D eigenvalue weighted by molar-refractivity contribution is -0.121. The molecule has 2 aromatic carbocycles. The van der Waals surface area contributed by atoms with E-state index >= 15 is 0 Å². The van der Waals surface area contributed by atoms with Crippen LogP contribution < -0.4 is 15.8 Å². The number of methoxy groups -OCH3 is 1. The summed E-state index contributed by atoms with van der Waals surface area (Å²) in [5.74, 6) is -0.196. The van der Waals surface area contributed by atoms with E-state index in [1.165, 1.54) is 19.2 Å². The molecule has 2 rings (SSSR count). The number of nitrogens with one attached hydrogen (secondary N) is 2. The second-order valence-corrected chi connectivity index (χ2v) is 7.80. The maximum absolute atomic E-state index is 12.2. The highest BCUT2D eigenvalue weighted by Crippen LogP contribution is 2.14. The Bertz CT molecular complexity index is 847. The molecule has 0 heterocycles. The molecule has 0 aliphatic heterocycles. The smallest absolute Gasteiger partial charge is 0.240 e. The van der Waals surface area contributed by atoms with Crippen molar-refractivity contribution in [1.82, 2.24) is 10.0 Å². The first-order valence-electron chi connectivity index (χ1n) is 8.57. The van der Waals surface area contributed by atoms with Crippen LogP contribution in [0.2, 0.25) is 0 Å². The molecule has 1 unspecified atom stereocenters. The number of halogens is 1. The summed E-state index contributed by atoms with van der Waals surface area (Å²) in [7, 11) is -2.11. The number of benzene rings is 2. The van der Waals surface area contributed by atoms with Crippen LogP contribution in [0.5, 0.6) is 0 Å². The van der Waals surface area contributed by atoms with Gasteiger partial charge >= 0.3 is 0 Å². The van der Waals surface area contributed by atoms with E-state index in [9.17, 15) is 13.2 Å². The lowest BCUT2D eigenvalue weighted by Crippen LogP contribution is -2.28. The molecule has 4 N–H and O–H groups in total. The minimum Gasteiger partial charge on any atom is -0.383 e. The Balaban J connectivity index is 0.00000392. The van der Waals surface area contributed by atoms with Crippen LogP contribution in [0.25, 0.3) is 0 Å². The quantitative estimate of drug-likeness (QED) is 0.500. The first-order valence-corrected chi connectivity index (χ1v) is 10.1. The zero-order chi connectivity index (χ0) is 19.7. The number of nitrogens with two attached hydrogens (primary N) is 1. The summed E-state index contributed by atoms with van der Waals surface area (Å²) in [5.41, 5.74) is 7.62. The van der Waals surface area contributed by atoms with Crippen LogP contribution >= 0.6 is 12.4 Å². The van der Waals surface area contributed by atoms with Crippen LogP contribution in [0.1, 0.15) is 23.6 Å². The fourth-order valence-electron chi connectivity index (χ4n) is 2.47. The third-order valence-corrected chi connectivity index (χ3v) is 5.39. The standard InChI is InChI=1S/C19H25N3O4S.ClH/c1-26-11-10-22-27(24,25)17-9-5-6-15(12-17)14-21-19(23)13-18(20)16-7-3-2-4-8-16;/h2-9,12,18,22H,10-11,13-14,20H2,1H3,(H,21,23);1H. The van der Waals surface area contributed by atoms with Gasteiger partial charge in [-0.2, -0.15) is 0 Å². The van der Waals surface area contributed by atoms with Gasteiger partial charge in [0.25, 0.3) is 0 Å². The van der Waals surface area contributed by atoms with Crippen LogP contribution in [0, 0.1) is 0 Å². The van der Waals surface area contributed by atoms with Gasteiger partial charge in [-0.15, -0.1) is 12.4 Å². The van der Waals surface area contributed by atoms with Crippen molar-refractivity contribution in [3.63, 3.8) is 0 Å². The first-order chi connectivity index (χ1) is 12.9. The lowest BCUT2D eigenvalue weighted by Gasteiger charge is -2.12. The highest BCUT2D eigenvalue weighted by molar-refractivity contribution is 7.89. The predicted octanol–water partition coefficient (Wildman–Crippen LogP) is 1.74. The average molecular weight is 428 g/mol. The number of hydrogen-bond acceptors (Lipinski definition) is 5. The SMILES string of the molecule is COCCNS(=O)(=O)c1cccc(CNC(=O)CC(N)c2ccccc2)c1.Cl. The molecule has 28 heavy (non-hydrogen) atoms. The van der Waals surface area contributed by atoms with E-state index in [1.807, 2.05) is 30.3 Å². The van der Waals surface area contributed by atoms with Gasteiger partial charge in [0, 0.05) is 32.7 Å². The molecule has 0 saturated heterocycles. The Morgan fingerprint density at radius 3 is 2.54 bits per heavy atom. The largest absolute Gasteiger partial charge is 0.383 e. The van der Waals surface area contributed by atoms with E-state index in [-0.39, 0.29) is 55.4 Å². The Hall–Kier alpha value is -1.97. The number of carbonyl (C=O) groups is 1. The molecule has 0 radical (unpaired) electrons. The summed E-state index contributed by atoms with van der Waals surface area (Å²) < 4.78 is 31.8. The van der Waals surface area contributed by atoms with Crippen LogP contribution in [0.4, 0.5) is 0 Å². The van der Waals surface area contributed by atoms with Crippen molar-refractivity contribution >= 4 is 28.3 Å². The normalized spacial score (nSPS) is 12.1. The maximum Gasteiger partial charge on any atom is 0.240 e. The van der Waals surface area contributed by atoms with Crippen LogP contribution in [-0.4, -0.2) is 34.6 Å². The average Bonchev–Trinajstić information content (AvgIpc) is 2.67. The summed E-state index contributed by atoms with van der Waals surface area (Å²) in [5, 5.41) is 2.78. The van der Waals surface area contributed by atoms with Gasteiger partial charge in [0.05, 0.1) is 11.5 Å². The molecule has 0 aromatic heterocycles. The molecule has 154 valence electrons. The third kappa shape index (κ3) is 7.57. The topological polar surface area (TPSA) is 111 Å². The first kappa shape index (κ1) is 24.1. The van der Waals surface area contributed by atoms with Crippen LogP contribution in [-0.2, 0) is 26.1 Å². The summed E-state index contributed by atoms with van der Waals surface area (Å²) in [4.78, 5) is 12.3. The molecule has 1 atom stereocenters. The molecule has 0 aliphatic rings. The summed E-state index contributed by atoms with van der Waals surface area (Å²) >= 11 is 0. The minimum absolute atomic E-state index is 0. The number of hydrogen-bond donors (Lipinski definition) is 3. The molecular weight excluding hydrogens is 402 g/mol. The van der Waals surface area contributed by atoms with E-state index in [4.69, 9.17) is 10.5 Å². The van der Waals surface area contributed by atoms with Crippen molar-refractivity contribution in [1.29, 1.82) is 0 Å². The molecular formula is C19H26ClN3O4S. The van der Waals surface area contributed by atoms with Gasteiger partial charge in [-0.05, 0) is 23.3 Å². The molecule has 0 spiro atoms. The summed E-state index contributed by atoms with van der Waals surface area (Å²) in [6.07, 6.45) is 0.153. The predicted molar refractivity (Wildman–Crippen MR) is 111 cm³/mol. The zero-order valence-corrected chi connectivity index (χ0v) is 17.3. The molecule has 1 amide bonds. The van der Waals surface area contributed by atoms with Crippen molar-refractivity contribution in [2.45, 2.75) is 23.9 Å². The summed E-state index contributed by atoms with van der Waals surface area (Å²) in [6, 6.07) is 15.4. The van der Waals surface area contributed by atoms with E-state index < -0.39 is 10.0 Å². The number of ether oxygens (including phenoxy) is 1. The van der Waals surface area contributed by atoms with Crippen LogP contribution in [0.15, 0.2) is 59.5 Å². The fourth-order valence-corrected chi connectivity index (χ4v) is 3.56. The molecule has 0 saturated carbocycles. The van der Waals surface area contributed by atoms with Gasteiger partial charge in [0.15, 0.2) is 0 Å². The fraction of sp³-hybridized carbons (Fsp3) is 0.316. The number of rotatable bonds is 10. The van der Waals surface area contributed by atoms with E-state index in [1.54, 1.807) is 12.1 Å². The van der Waals surface area contributed by atoms with Crippen molar-refractivity contribution in [2.75, 3.05) is 20.3 Å². The highest BCUT2D eigenvalue weighted by Gasteiger charge is 2.14. The highest BCUT2D eigenvalue weighted by atomic mass is 35.5. The zero-order valence-electron chi connectivity index (χ0n) is 15.6. The summed E-state index contributed by atoms with van der Waals surface area (Å²) in [6.45, 7) is 0.704. The maximum atomic E-state index is 12.2. The molecule has 2 aromatic rings. The van der Waals surface area contributed by atoms with Crippen molar-refractivity contribution in [3.05, 3.63) is 65.7 Å². The molecule has 0 bridgehead atoms.